The first-order valence-electron chi connectivity index (χ1n) is 11.3. The van der Waals surface area contributed by atoms with Crippen LogP contribution in [0.15, 0.2) is 42.5 Å². The second-order valence-corrected chi connectivity index (χ2v) is 9.00. The number of alkyl halides is 2. The Hall–Kier alpha value is -3.43. The Morgan fingerprint density at radius 1 is 1.11 bits per heavy atom. The van der Waals surface area contributed by atoms with E-state index in [1.807, 2.05) is 0 Å². The molecule has 0 spiro atoms. The number of carbonyl (C=O) groups excluding carboxylic acids is 1. The second kappa shape index (κ2) is 9.91. The molecule has 4 rings (SSSR count). The summed E-state index contributed by atoms with van der Waals surface area (Å²) < 4.78 is 37.7. The zero-order chi connectivity index (χ0) is 26.3. The Balaban J connectivity index is 1.93. The molecule has 1 aliphatic rings. The maximum absolute atomic E-state index is 13.7. The lowest BCUT2D eigenvalue weighted by Gasteiger charge is -2.23. The molecule has 10 heteroatoms. The van der Waals surface area contributed by atoms with Crippen LogP contribution in [0.5, 0.6) is 11.5 Å². The average molecular weight is 520 g/mol. The summed E-state index contributed by atoms with van der Waals surface area (Å²) in [6.45, 7) is 2.01. The molecule has 7 nitrogen and oxygen atoms in total. The normalized spacial score (nSPS) is 16.1. The fraction of sp³-hybridized carbons (Fsp3) is 0.308. The van der Waals surface area contributed by atoms with Gasteiger partial charge in [-0.1, -0.05) is 48.9 Å². The van der Waals surface area contributed by atoms with E-state index in [2.05, 4.69) is 0 Å². The summed E-state index contributed by atoms with van der Waals surface area (Å²) in [4.78, 5) is 26.2. The van der Waals surface area contributed by atoms with Gasteiger partial charge >= 0.3 is 12.6 Å². The van der Waals surface area contributed by atoms with E-state index in [1.165, 1.54) is 18.2 Å². The molecule has 1 amide bonds. The van der Waals surface area contributed by atoms with E-state index >= 15 is 0 Å². The number of hydrogen-bond acceptors (Lipinski definition) is 5. The first-order chi connectivity index (χ1) is 17.1. The predicted molar refractivity (Wildman–Crippen MR) is 130 cm³/mol. The predicted octanol–water partition coefficient (Wildman–Crippen LogP) is 6.11. The van der Waals surface area contributed by atoms with Gasteiger partial charge in [0.05, 0.1) is 33.9 Å². The number of halogens is 3. The number of rotatable bonds is 8. The van der Waals surface area contributed by atoms with Crippen molar-refractivity contribution in [2.75, 3.05) is 4.90 Å². The number of carboxylic acid groups (broad SMARTS) is 1. The Labute approximate surface area is 210 Å². The van der Waals surface area contributed by atoms with E-state index in [0.29, 0.717) is 17.4 Å². The number of nitrogens with zero attached hydrogens (tertiary/aromatic N) is 1. The van der Waals surface area contributed by atoms with Crippen molar-refractivity contribution >= 4 is 39.9 Å². The molecule has 2 unspecified atom stereocenters. The van der Waals surface area contributed by atoms with Crippen molar-refractivity contribution in [2.24, 2.45) is 0 Å². The third kappa shape index (κ3) is 4.33. The molecule has 2 atom stereocenters. The van der Waals surface area contributed by atoms with Gasteiger partial charge < -0.3 is 19.7 Å². The fourth-order valence-corrected chi connectivity index (χ4v) is 4.80. The van der Waals surface area contributed by atoms with Crippen LogP contribution in [0.2, 0.25) is 5.02 Å². The Morgan fingerprint density at radius 2 is 1.75 bits per heavy atom. The summed E-state index contributed by atoms with van der Waals surface area (Å²) >= 11 is 6.46. The van der Waals surface area contributed by atoms with E-state index in [-0.39, 0.29) is 44.8 Å². The van der Waals surface area contributed by atoms with Crippen LogP contribution in [0.4, 0.5) is 14.5 Å². The van der Waals surface area contributed by atoms with Gasteiger partial charge in [0.2, 0.25) is 0 Å². The SMILES string of the molecule is CCC(C(=O)O)c1ccc(N2C(=O)c3c(c(OC(F)F)c4ccccc4c3OC(C)C)C2O)c(Cl)c1. The quantitative estimate of drug-likeness (QED) is 0.372. The molecule has 0 fully saturated rings. The van der Waals surface area contributed by atoms with Crippen LogP contribution in [0.1, 0.15) is 60.8 Å². The molecule has 190 valence electrons. The van der Waals surface area contributed by atoms with Crippen molar-refractivity contribution in [3.63, 3.8) is 0 Å². The van der Waals surface area contributed by atoms with E-state index in [0.717, 1.165) is 4.90 Å². The molecule has 0 radical (unpaired) electrons. The van der Waals surface area contributed by atoms with Gasteiger partial charge in [-0.05, 0) is 38.0 Å². The van der Waals surface area contributed by atoms with Gasteiger partial charge in [-0.25, -0.2) is 0 Å². The number of hydrogen-bond donors (Lipinski definition) is 2. The standard InChI is InChI=1S/C26H24ClF2NO6/c1-4-14(25(33)34)13-9-10-18(17(27)11-13)30-23(31)19-20(24(30)32)22(36-26(28)29)16-8-6-5-7-15(16)21(19)35-12(2)3/h5-12,14,24,26,32H,4H2,1-3H3,(H,33,34). The molecular weight excluding hydrogens is 496 g/mol. The fourth-order valence-electron chi connectivity index (χ4n) is 4.52. The zero-order valence-electron chi connectivity index (χ0n) is 19.7. The highest BCUT2D eigenvalue weighted by Gasteiger charge is 2.44. The molecule has 36 heavy (non-hydrogen) atoms. The maximum atomic E-state index is 13.7. The number of aliphatic carboxylic acids is 1. The van der Waals surface area contributed by atoms with E-state index in [1.54, 1.807) is 45.0 Å². The lowest BCUT2D eigenvalue weighted by atomic mass is 9.96. The summed E-state index contributed by atoms with van der Waals surface area (Å²) in [5.41, 5.74) is 0.236. The van der Waals surface area contributed by atoms with Crippen molar-refractivity contribution in [3.05, 3.63) is 64.2 Å². The van der Waals surface area contributed by atoms with Crippen LogP contribution in [0, 0.1) is 0 Å². The topological polar surface area (TPSA) is 96.3 Å². The number of fused-ring (bicyclic) bond motifs is 2. The molecule has 0 saturated carbocycles. The first-order valence-corrected chi connectivity index (χ1v) is 11.7. The number of amides is 1. The summed E-state index contributed by atoms with van der Waals surface area (Å²) in [6, 6.07) is 10.8. The number of benzene rings is 3. The van der Waals surface area contributed by atoms with Gasteiger partial charge in [-0.3, -0.25) is 14.5 Å². The molecule has 1 aliphatic heterocycles. The number of carboxylic acids is 1. The van der Waals surface area contributed by atoms with Crippen molar-refractivity contribution in [3.8, 4) is 11.5 Å². The molecule has 0 saturated heterocycles. The van der Waals surface area contributed by atoms with Crippen molar-refractivity contribution in [2.45, 2.75) is 52.1 Å². The van der Waals surface area contributed by atoms with Gasteiger partial charge in [-0.15, -0.1) is 0 Å². The van der Waals surface area contributed by atoms with Gasteiger partial charge in [0.25, 0.3) is 5.91 Å². The van der Waals surface area contributed by atoms with E-state index in [9.17, 15) is 28.6 Å². The molecule has 0 aliphatic carbocycles. The monoisotopic (exact) mass is 519 g/mol. The number of aliphatic hydroxyl groups excluding tert-OH is 1. The second-order valence-electron chi connectivity index (χ2n) is 8.60. The largest absolute Gasteiger partial charge is 0.490 e. The van der Waals surface area contributed by atoms with Crippen LogP contribution in [-0.2, 0) is 4.79 Å². The highest BCUT2D eigenvalue weighted by molar-refractivity contribution is 6.34. The van der Waals surface area contributed by atoms with Crippen molar-refractivity contribution in [1.29, 1.82) is 0 Å². The number of anilines is 1. The third-order valence-corrected chi connectivity index (χ3v) is 6.30. The average Bonchev–Trinajstić information content (AvgIpc) is 3.06. The van der Waals surface area contributed by atoms with Crippen LogP contribution < -0.4 is 14.4 Å². The summed E-state index contributed by atoms with van der Waals surface area (Å²) in [6.07, 6.45) is -1.77. The van der Waals surface area contributed by atoms with Crippen LogP contribution in [-0.4, -0.2) is 34.8 Å². The summed E-state index contributed by atoms with van der Waals surface area (Å²) in [5.74, 6) is -2.76. The number of ether oxygens (including phenoxy) is 2. The Kier molecular flexibility index (Phi) is 7.06. The summed E-state index contributed by atoms with van der Waals surface area (Å²) in [5, 5.41) is 21.4. The smallest absolute Gasteiger partial charge is 0.387 e. The number of aliphatic hydroxyl groups is 1. The highest BCUT2D eigenvalue weighted by Crippen LogP contribution is 2.51. The number of carbonyl (C=O) groups is 2. The van der Waals surface area contributed by atoms with Crippen molar-refractivity contribution in [1.82, 2.24) is 0 Å². The van der Waals surface area contributed by atoms with Crippen LogP contribution >= 0.6 is 11.6 Å². The highest BCUT2D eigenvalue weighted by atomic mass is 35.5. The first kappa shape index (κ1) is 25.7. The van der Waals surface area contributed by atoms with Gasteiger partial charge in [-0.2, -0.15) is 8.78 Å². The Bertz CT molecular complexity index is 1350. The van der Waals surface area contributed by atoms with Crippen molar-refractivity contribution < 1.29 is 38.1 Å². The lowest BCUT2D eigenvalue weighted by Crippen LogP contribution is -2.28. The van der Waals surface area contributed by atoms with Gasteiger partial charge in [0.15, 0.2) is 6.23 Å². The van der Waals surface area contributed by atoms with Gasteiger partial charge in [0.1, 0.15) is 11.5 Å². The molecule has 3 aromatic rings. The lowest BCUT2D eigenvalue weighted by molar-refractivity contribution is -0.138. The van der Waals surface area contributed by atoms with E-state index < -0.39 is 30.6 Å². The summed E-state index contributed by atoms with van der Waals surface area (Å²) in [7, 11) is 0. The maximum Gasteiger partial charge on any atom is 0.387 e. The third-order valence-electron chi connectivity index (χ3n) is 5.99. The molecule has 2 N–H and O–H groups in total. The Morgan fingerprint density at radius 3 is 2.28 bits per heavy atom. The molecule has 1 heterocycles. The van der Waals surface area contributed by atoms with Crippen LogP contribution in [0.25, 0.3) is 10.8 Å². The molecule has 0 bridgehead atoms. The molecule has 3 aromatic carbocycles. The minimum atomic E-state index is -3.21. The molecular formula is C26H24ClF2NO6. The minimum Gasteiger partial charge on any atom is -0.490 e. The van der Waals surface area contributed by atoms with Crippen LogP contribution in [0.3, 0.4) is 0 Å². The minimum absolute atomic E-state index is 0.0135. The van der Waals surface area contributed by atoms with E-state index in [4.69, 9.17) is 21.1 Å². The zero-order valence-corrected chi connectivity index (χ0v) is 20.4. The molecule has 0 aromatic heterocycles. The van der Waals surface area contributed by atoms with Gasteiger partial charge in [0, 0.05) is 10.8 Å².